The van der Waals surface area contributed by atoms with Crippen LogP contribution in [0.25, 0.3) is 22.0 Å². The molecule has 0 spiro atoms. The van der Waals surface area contributed by atoms with Gasteiger partial charge in [-0.25, -0.2) is 9.48 Å². The summed E-state index contributed by atoms with van der Waals surface area (Å²) in [4.78, 5) is 39.0. The largest absolute Gasteiger partial charge is 0.465 e. The van der Waals surface area contributed by atoms with Crippen LogP contribution in [0.2, 0.25) is 5.02 Å². The van der Waals surface area contributed by atoms with Crippen molar-refractivity contribution in [1.29, 1.82) is 0 Å². The standard InChI is InChI=1S/C40H33ClN4O4/c1-26(46)27-17-19-35(41)33(23-27)28-18-20-36-34(24-28)37(42-38(47)29-21-22-44(25-29)39(48)49)43-45(36)40(30-11-5-2-6-12-30,31-13-7-3-8-14-31)32-15-9-4-10-16-32/h2-20,23-24,29H,21-22,25H2,1H3,(H,48,49)(H,42,43,47)/t29-/m1/s1. The fraction of sp³-hybridized carbons (Fsp3) is 0.150. The Labute approximate surface area is 288 Å². The van der Waals surface area contributed by atoms with Crippen molar-refractivity contribution in [1.82, 2.24) is 14.7 Å². The molecule has 2 amide bonds. The lowest BCUT2D eigenvalue weighted by atomic mass is 9.77. The molecule has 0 radical (unpaired) electrons. The SMILES string of the molecule is CC(=O)c1ccc(Cl)c(-c2ccc3c(c2)c(NC(=O)[C@@H]2CCN(C(=O)O)C2)nn3C(c2ccccc2)(c2ccccc2)c2ccccc2)c1. The van der Waals surface area contributed by atoms with E-state index in [2.05, 4.69) is 41.7 Å². The van der Waals surface area contributed by atoms with Crippen molar-refractivity contribution < 1.29 is 19.5 Å². The molecule has 1 fully saturated rings. The normalized spacial score (nSPS) is 14.6. The van der Waals surface area contributed by atoms with Crippen molar-refractivity contribution >= 4 is 46.1 Å². The van der Waals surface area contributed by atoms with Gasteiger partial charge in [-0.2, -0.15) is 5.10 Å². The number of carboxylic acid groups (broad SMARTS) is 1. The minimum Gasteiger partial charge on any atom is -0.465 e. The third-order valence-corrected chi connectivity index (χ3v) is 9.66. The highest BCUT2D eigenvalue weighted by Gasteiger charge is 2.41. The fourth-order valence-electron chi connectivity index (χ4n) is 6.87. The number of hydrogen-bond donors (Lipinski definition) is 2. The first-order chi connectivity index (χ1) is 23.8. The van der Waals surface area contributed by atoms with E-state index in [0.29, 0.717) is 33.8 Å². The summed E-state index contributed by atoms with van der Waals surface area (Å²) in [5, 5.41) is 19.0. The van der Waals surface area contributed by atoms with E-state index >= 15 is 0 Å². The maximum Gasteiger partial charge on any atom is 0.407 e. The van der Waals surface area contributed by atoms with Gasteiger partial charge in [0.1, 0.15) is 5.54 Å². The number of aromatic nitrogens is 2. The van der Waals surface area contributed by atoms with Crippen LogP contribution in [0.4, 0.5) is 10.6 Å². The van der Waals surface area contributed by atoms with Crippen molar-refractivity contribution in [3.8, 4) is 11.1 Å². The molecular weight excluding hydrogens is 636 g/mol. The van der Waals surface area contributed by atoms with E-state index in [1.807, 2.05) is 77.5 Å². The molecule has 9 heteroatoms. The first-order valence-electron chi connectivity index (χ1n) is 16.1. The third kappa shape index (κ3) is 5.74. The van der Waals surface area contributed by atoms with E-state index in [9.17, 15) is 19.5 Å². The zero-order valence-corrected chi connectivity index (χ0v) is 27.5. The number of Topliss-reactive ketones (excluding diaryl/α,β-unsaturated/α-hetero) is 1. The number of nitrogens with one attached hydrogen (secondary N) is 1. The number of amides is 2. The quantitative estimate of drug-likeness (QED) is 0.125. The van der Waals surface area contributed by atoms with Crippen LogP contribution in [0.1, 0.15) is 40.4 Å². The molecule has 0 unspecified atom stereocenters. The van der Waals surface area contributed by atoms with Crippen LogP contribution in [0.15, 0.2) is 127 Å². The molecule has 1 aromatic heterocycles. The van der Waals surface area contributed by atoms with Crippen molar-refractivity contribution in [2.45, 2.75) is 18.9 Å². The Balaban J connectivity index is 1.50. The Hall–Kier alpha value is -5.73. The van der Waals surface area contributed by atoms with Gasteiger partial charge in [0.25, 0.3) is 0 Å². The number of anilines is 1. The molecule has 5 aromatic carbocycles. The third-order valence-electron chi connectivity index (χ3n) is 9.33. The maximum atomic E-state index is 13.8. The average molecular weight is 669 g/mol. The zero-order valence-electron chi connectivity index (χ0n) is 26.7. The van der Waals surface area contributed by atoms with Crippen molar-refractivity contribution in [3.63, 3.8) is 0 Å². The molecule has 1 atom stereocenters. The van der Waals surface area contributed by atoms with Crippen LogP contribution in [-0.2, 0) is 10.3 Å². The summed E-state index contributed by atoms with van der Waals surface area (Å²) in [6, 6.07) is 41.4. The van der Waals surface area contributed by atoms with Gasteiger partial charge in [-0.1, -0.05) is 109 Å². The van der Waals surface area contributed by atoms with Crippen LogP contribution in [0.3, 0.4) is 0 Å². The summed E-state index contributed by atoms with van der Waals surface area (Å²) in [6.45, 7) is 1.91. The number of carbonyl (C=O) groups excluding carboxylic acids is 2. The highest BCUT2D eigenvalue weighted by Crippen LogP contribution is 2.44. The number of halogens is 1. The van der Waals surface area contributed by atoms with Gasteiger partial charge in [-0.15, -0.1) is 0 Å². The second kappa shape index (κ2) is 13.1. The molecule has 1 saturated heterocycles. The second-order valence-corrected chi connectivity index (χ2v) is 12.7. The molecule has 244 valence electrons. The lowest BCUT2D eigenvalue weighted by Gasteiger charge is -2.37. The minimum absolute atomic E-state index is 0.0786. The van der Waals surface area contributed by atoms with Gasteiger partial charge in [-0.05, 0) is 65.9 Å². The van der Waals surface area contributed by atoms with Crippen molar-refractivity contribution in [2.75, 3.05) is 18.4 Å². The smallest absolute Gasteiger partial charge is 0.407 e. The lowest BCUT2D eigenvalue weighted by Crippen LogP contribution is -2.38. The number of hydrogen-bond acceptors (Lipinski definition) is 4. The van der Waals surface area contributed by atoms with E-state index in [4.69, 9.17) is 16.7 Å². The summed E-state index contributed by atoms with van der Waals surface area (Å²) >= 11 is 6.70. The van der Waals surface area contributed by atoms with Gasteiger partial charge < -0.3 is 15.3 Å². The monoisotopic (exact) mass is 668 g/mol. The lowest BCUT2D eigenvalue weighted by molar-refractivity contribution is -0.119. The molecule has 8 nitrogen and oxygen atoms in total. The number of nitrogens with zero attached hydrogens (tertiary/aromatic N) is 3. The first kappa shape index (κ1) is 31.8. The predicted molar refractivity (Wildman–Crippen MR) is 191 cm³/mol. The van der Waals surface area contributed by atoms with Crippen LogP contribution in [-0.4, -0.2) is 50.7 Å². The molecule has 6 aromatic rings. The van der Waals surface area contributed by atoms with Crippen LogP contribution in [0.5, 0.6) is 0 Å². The number of carbonyl (C=O) groups is 3. The number of rotatable bonds is 8. The molecule has 2 N–H and O–H groups in total. The van der Waals surface area contributed by atoms with Gasteiger partial charge >= 0.3 is 6.09 Å². The van der Waals surface area contributed by atoms with E-state index in [1.54, 1.807) is 18.2 Å². The predicted octanol–water partition coefficient (Wildman–Crippen LogP) is 8.34. The van der Waals surface area contributed by atoms with E-state index < -0.39 is 17.6 Å². The molecule has 1 aliphatic rings. The number of fused-ring (bicyclic) bond motifs is 1. The van der Waals surface area contributed by atoms with Gasteiger partial charge in [0.15, 0.2) is 11.6 Å². The number of benzene rings is 5. The molecule has 0 aliphatic carbocycles. The Morgan fingerprint density at radius 1 is 0.816 bits per heavy atom. The van der Waals surface area contributed by atoms with Gasteiger partial charge in [0.05, 0.1) is 11.4 Å². The topological polar surface area (TPSA) is 105 Å². The van der Waals surface area contributed by atoms with Crippen LogP contribution < -0.4 is 5.32 Å². The zero-order chi connectivity index (χ0) is 34.1. The van der Waals surface area contributed by atoms with Gasteiger partial charge in [0.2, 0.25) is 5.91 Å². The summed E-state index contributed by atoms with van der Waals surface area (Å²) in [5.74, 6) is -0.572. The second-order valence-electron chi connectivity index (χ2n) is 12.3. The van der Waals surface area contributed by atoms with E-state index in [-0.39, 0.29) is 24.8 Å². The fourth-order valence-corrected chi connectivity index (χ4v) is 7.10. The van der Waals surface area contributed by atoms with Gasteiger partial charge in [0, 0.05) is 34.6 Å². The van der Waals surface area contributed by atoms with Crippen molar-refractivity contribution in [2.24, 2.45) is 5.92 Å². The summed E-state index contributed by atoms with van der Waals surface area (Å²) in [7, 11) is 0. The first-order valence-corrected chi connectivity index (χ1v) is 16.4. The Bertz CT molecular complexity index is 2090. The summed E-state index contributed by atoms with van der Waals surface area (Å²) in [6.07, 6.45) is -0.630. The average Bonchev–Trinajstić information content (AvgIpc) is 3.77. The number of likely N-dealkylation sites (tertiary alicyclic amines) is 1. The molecule has 2 heterocycles. The highest BCUT2D eigenvalue weighted by molar-refractivity contribution is 6.33. The van der Waals surface area contributed by atoms with Crippen LogP contribution in [0, 0.1) is 5.92 Å². The van der Waals surface area contributed by atoms with Gasteiger partial charge in [-0.3, -0.25) is 9.59 Å². The molecule has 1 aliphatic heterocycles. The number of ketones is 1. The maximum absolute atomic E-state index is 13.8. The minimum atomic E-state index is -1.04. The molecule has 49 heavy (non-hydrogen) atoms. The van der Waals surface area contributed by atoms with Crippen LogP contribution >= 0.6 is 11.6 Å². The van der Waals surface area contributed by atoms with E-state index in [0.717, 1.165) is 27.8 Å². The Morgan fingerprint density at radius 2 is 1.41 bits per heavy atom. The molecule has 0 bridgehead atoms. The highest BCUT2D eigenvalue weighted by atomic mass is 35.5. The summed E-state index contributed by atoms with van der Waals surface area (Å²) in [5.41, 5.74) is 4.62. The molecule has 0 saturated carbocycles. The van der Waals surface area contributed by atoms with Crippen molar-refractivity contribution in [3.05, 3.63) is 155 Å². The Morgan fingerprint density at radius 3 is 1.94 bits per heavy atom. The molecule has 7 rings (SSSR count). The molecular formula is C40H33ClN4O4. The Kier molecular flexibility index (Phi) is 8.48. The summed E-state index contributed by atoms with van der Waals surface area (Å²) < 4.78 is 1.97. The van der Waals surface area contributed by atoms with E-state index in [1.165, 1.54) is 11.8 Å².